The SMILES string of the molecule is C=CC(=O)O.[NaH]. The van der Waals surface area contributed by atoms with Gasteiger partial charge in [-0.05, 0) is 0 Å². The van der Waals surface area contributed by atoms with E-state index in [1.807, 2.05) is 0 Å². The van der Waals surface area contributed by atoms with Crippen LogP contribution in [0.4, 0.5) is 0 Å². The van der Waals surface area contributed by atoms with Crippen LogP contribution in [0.5, 0.6) is 0 Å². The zero-order valence-electron chi connectivity index (χ0n) is 2.64. The van der Waals surface area contributed by atoms with E-state index >= 15 is 0 Å². The molecule has 0 aliphatic carbocycles. The van der Waals surface area contributed by atoms with Crippen LogP contribution in [0, 0.1) is 0 Å². The minimum atomic E-state index is -0.981. The van der Waals surface area contributed by atoms with E-state index in [-0.39, 0.29) is 29.6 Å². The van der Waals surface area contributed by atoms with Crippen molar-refractivity contribution >= 4 is 35.5 Å². The first-order chi connectivity index (χ1) is 2.27. The molecule has 0 fully saturated rings. The summed E-state index contributed by atoms with van der Waals surface area (Å²) in [6.45, 7) is 2.96. The third-order valence-electron chi connectivity index (χ3n) is 0.175. The second-order valence-electron chi connectivity index (χ2n) is 0.542. The maximum absolute atomic E-state index is 9.25. The molecule has 0 unspecified atom stereocenters. The molecular weight excluding hydrogens is 91.0 g/mol. The number of rotatable bonds is 1. The molecule has 0 aliphatic heterocycles. The van der Waals surface area contributed by atoms with Crippen LogP contribution in [0.3, 0.4) is 0 Å². The molecule has 0 saturated heterocycles. The van der Waals surface area contributed by atoms with Gasteiger partial charge in [0.25, 0.3) is 0 Å². The average Bonchev–Trinajstić information content (AvgIpc) is 1.38. The van der Waals surface area contributed by atoms with Gasteiger partial charge in [-0.15, -0.1) is 0 Å². The first-order valence-corrected chi connectivity index (χ1v) is 1.12. The van der Waals surface area contributed by atoms with Gasteiger partial charge in [-0.2, -0.15) is 0 Å². The molecular formula is C3H5NaO2. The van der Waals surface area contributed by atoms with Gasteiger partial charge in [-0.1, -0.05) is 6.58 Å². The average molecular weight is 96.1 g/mol. The van der Waals surface area contributed by atoms with E-state index in [0.717, 1.165) is 6.08 Å². The van der Waals surface area contributed by atoms with E-state index in [2.05, 4.69) is 6.58 Å². The van der Waals surface area contributed by atoms with Crippen molar-refractivity contribution in [2.75, 3.05) is 0 Å². The molecule has 0 aromatic carbocycles. The van der Waals surface area contributed by atoms with Gasteiger partial charge in [0.1, 0.15) is 0 Å². The van der Waals surface area contributed by atoms with Crippen molar-refractivity contribution in [2.24, 2.45) is 0 Å². The summed E-state index contributed by atoms with van der Waals surface area (Å²) in [5.41, 5.74) is 0. The van der Waals surface area contributed by atoms with Gasteiger partial charge in [-0.3, -0.25) is 0 Å². The van der Waals surface area contributed by atoms with Crippen molar-refractivity contribution in [2.45, 2.75) is 0 Å². The molecule has 0 rings (SSSR count). The molecule has 0 aliphatic rings. The van der Waals surface area contributed by atoms with Crippen LogP contribution >= 0.6 is 0 Å². The van der Waals surface area contributed by atoms with Gasteiger partial charge < -0.3 is 5.11 Å². The third kappa shape index (κ3) is 8.88. The summed E-state index contributed by atoms with van der Waals surface area (Å²) < 4.78 is 0. The van der Waals surface area contributed by atoms with E-state index in [1.165, 1.54) is 0 Å². The molecule has 0 bridgehead atoms. The Morgan fingerprint density at radius 1 is 1.83 bits per heavy atom. The summed E-state index contributed by atoms with van der Waals surface area (Å²) >= 11 is 0. The van der Waals surface area contributed by atoms with Crippen molar-refractivity contribution in [1.29, 1.82) is 0 Å². The number of hydrogen-bond donors (Lipinski definition) is 1. The van der Waals surface area contributed by atoms with Gasteiger partial charge in [0.05, 0.1) is 0 Å². The third-order valence-corrected chi connectivity index (χ3v) is 0.175. The number of aliphatic carboxylic acids is 1. The van der Waals surface area contributed by atoms with Gasteiger partial charge in [-0.25, -0.2) is 4.79 Å². The van der Waals surface area contributed by atoms with E-state index in [1.54, 1.807) is 0 Å². The summed E-state index contributed by atoms with van der Waals surface area (Å²) in [7, 11) is 0. The second kappa shape index (κ2) is 5.21. The molecule has 0 aromatic rings. The predicted octanol–water partition coefficient (Wildman–Crippen LogP) is -0.392. The van der Waals surface area contributed by atoms with Crippen molar-refractivity contribution in [1.82, 2.24) is 0 Å². The van der Waals surface area contributed by atoms with Crippen LogP contribution in [-0.4, -0.2) is 40.6 Å². The zero-order chi connectivity index (χ0) is 4.28. The summed E-state index contributed by atoms with van der Waals surface area (Å²) in [4.78, 5) is 9.25. The Bertz CT molecular complexity index is 59.8. The van der Waals surface area contributed by atoms with E-state index < -0.39 is 5.97 Å². The molecule has 1 N–H and O–H groups in total. The zero-order valence-corrected chi connectivity index (χ0v) is 2.64. The molecule has 0 spiro atoms. The number of carboxylic acid groups (broad SMARTS) is 1. The fourth-order valence-corrected chi connectivity index (χ4v) is 0. The first kappa shape index (κ1) is 9.51. The van der Waals surface area contributed by atoms with Gasteiger partial charge >= 0.3 is 35.5 Å². The maximum atomic E-state index is 9.25. The molecule has 0 radical (unpaired) electrons. The summed E-state index contributed by atoms with van der Waals surface area (Å²) in [5, 5.41) is 7.60. The van der Waals surface area contributed by atoms with E-state index in [0.29, 0.717) is 0 Å². The fraction of sp³-hybridized carbons (Fsp3) is 0. The Kier molecular flexibility index (Phi) is 8.26. The van der Waals surface area contributed by atoms with Crippen LogP contribution in [0.15, 0.2) is 12.7 Å². The fourth-order valence-electron chi connectivity index (χ4n) is 0. The van der Waals surface area contributed by atoms with Gasteiger partial charge in [0, 0.05) is 6.08 Å². The van der Waals surface area contributed by atoms with Crippen LogP contribution in [-0.2, 0) is 4.79 Å². The Morgan fingerprint density at radius 2 is 2.00 bits per heavy atom. The van der Waals surface area contributed by atoms with Crippen LogP contribution in [0.1, 0.15) is 0 Å². The molecule has 30 valence electrons. The monoisotopic (exact) mass is 96.0 g/mol. The van der Waals surface area contributed by atoms with Crippen molar-refractivity contribution < 1.29 is 9.90 Å². The summed E-state index contributed by atoms with van der Waals surface area (Å²) in [6, 6.07) is 0. The molecule has 6 heavy (non-hydrogen) atoms. The topological polar surface area (TPSA) is 37.3 Å². The van der Waals surface area contributed by atoms with E-state index in [9.17, 15) is 4.79 Å². The molecule has 3 heteroatoms. The first-order valence-electron chi connectivity index (χ1n) is 1.12. The van der Waals surface area contributed by atoms with Crippen LogP contribution < -0.4 is 0 Å². The molecule has 0 amide bonds. The molecule has 0 aromatic heterocycles. The molecule has 0 atom stereocenters. The summed E-state index contributed by atoms with van der Waals surface area (Å²) in [5.74, 6) is -0.981. The number of hydrogen-bond acceptors (Lipinski definition) is 1. The minimum absolute atomic E-state index is 0. The standard InChI is InChI=1S/C3H4O2.Na.H/c1-2-3(4)5;;/h2H,1H2,(H,4,5);;. The quantitative estimate of drug-likeness (QED) is 0.356. The van der Waals surface area contributed by atoms with Gasteiger partial charge in [0.15, 0.2) is 0 Å². The molecule has 2 nitrogen and oxygen atoms in total. The Balaban J connectivity index is 0. The van der Waals surface area contributed by atoms with Crippen molar-refractivity contribution in [3.05, 3.63) is 12.7 Å². The number of carboxylic acids is 1. The predicted molar refractivity (Wildman–Crippen MR) is 25.0 cm³/mol. The Morgan fingerprint density at radius 3 is 2.00 bits per heavy atom. The molecule has 0 heterocycles. The van der Waals surface area contributed by atoms with Crippen molar-refractivity contribution in [3.63, 3.8) is 0 Å². The summed E-state index contributed by atoms with van der Waals surface area (Å²) in [6.07, 6.45) is 0.833. The van der Waals surface area contributed by atoms with Gasteiger partial charge in [0.2, 0.25) is 0 Å². The van der Waals surface area contributed by atoms with E-state index in [4.69, 9.17) is 5.11 Å². The number of carbonyl (C=O) groups is 1. The Labute approximate surface area is 58.1 Å². The van der Waals surface area contributed by atoms with Crippen LogP contribution in [0.25, 0.3) is 0 Å². The molecule has 0 saturated carbocycles. The van der Waals surface area contributed by atoms with Crippen LogP contribution in [0.2, 0.25) is 0 Å². The Hall–Kier alpha value is 0.210. The normalized spacial score (nSPS) is 5.33. The van der Waals surface area contributed by atoms with Crippen molar-refractivity contribution in [3.8, 4) is 0 Å². The second-order valence-corrected chi connectivity index (χ2v) is 0.542.